The van der Waals surface area contributed by atoms with Gasteiger partial charge < -0.3 is 34.1 Å². The smallest absolute Gasteiger partial charge is 0.329 e. The zero-order valence-electron chi connectivity index (χ0n) is 17.6. The SMILES string of the molecule is CCc1cccc(OC2OC3COC(C)(C)OC3C(OCC(=O)O)C2NC(C)=O)c1. The van der Waals surface area contributed by atoms with Crippen LogP contribution in [0.4, 0.5) is 0 Å². The highest BCUT2D eigenvalue weighted by atomic mass is 16.8. The molecule has 0 saturated carbocycles. The lowest BCUT2D eigenvalue weighted by atomic mass is 9.95. The Balaban J connectivity index is 1.90. The van der Waals surface area contributed by atoms with Gasteiger partial charge in [0.25, 0.3) is 0 Å². The Kier molecular flexibility index (Phi) is 6.97. The summed E-state index contributed by atoms with van der Waals surface area (Å²) in [6, 6.07) is 6.76. The average molecular weight is 423 g/mol. The number of carboxylic acids is 1. The van der Waals surface area contributed by atoms with Gasteiger partial charge in [-0.1, -0.05) is 19.1 Å². The number of carbonyl (C=O) groups excluding carboxylic acids is 1. The van der Waals surface area contributed by atoms with Gasteiger partial charge >= 0.3 is 5.97 Å². The molecule has 0 bridgehead atoms. The van der Waals surface area contributed by atoms with Crippen molar-refractivity contribution in [2.75, 3.05) is 13.2 Å². The largest absolute Gasteiger partial charge is 0.480 e. The summed E-state index contributed by atoms with van der Waals surface area (Å²) in [6.45, 7) is 6.57. The number of hydrogen-bond acceptors (Lipinski definition) is 7. The number of aryl methyl sites for hydroxylation is 1. The van der Waals surface area contributed by atoms with Crippen LogP contribution < -0.4 is 10.1 Å². The van der Waals surface area contributed by atoms with Crippen LogP contribution in [0.2, 0.25) is 0 Å². The zero-order chi connectivity index (χ0) is 21.9. The van der Waals surface area contributed by atoms with Crippen molar-refractivity contribution < 1.29 is 38.4 Å². The summed E-state index contributed by atoms with van der Waals surface area (Å²) < 4.78 is 29.5. The molecule has 2 aliphatic rings. The minimum atomic E-state index is -1.13. The van der Waals surface area contributed by atoms with E-state index < -0.39 is 49.0 Å². The highest BCUT2D eigenvalue weighted by molar-refractivity contribution is 5.73. The number of amides is 1. The first-order chi connectivity index (χ1) is 14.2. The summed E-state index contributed by atoms with van der Waals surface area (Å²) in [6.07, 6.45) is -2.10. The van der Waals surface area contributed by atoms with Crippen LogP contribution in [0.25, 0.3) is 0 Å². The topological polar surface area (TPSA) is 113 Å². The monoisotopic (exact) mass is 423 g/mol. The number of aliphatic carboxylic acids is 1. The number of nitrogens with one attached hydrogen (secondary N) is 1. The van der Waals surface area contributed by atoms with Gasteiger partial charge in [0.1, 0.15) is 36.7 Å². The van der Waals surface area contributed by atoms with E-state index in [0.717, 1.165) is 12.0 Å². The highest BCUT2D eigenvalue weighted by Gasteiger charge is 2.53. The summed E-state index contributed by atoms with van der Waals surface area (Å²) in [4.78, 5) is 23.1. The van der Waals surface area contributed by atoms with Gasteiger partial charge in [0.2, 0.25) is 12.2 Å². The van der Waals surface area contributed by atoms with Crippen LogP contribution in [0.15, 0.2) is 24.3 Å². The molecule has 3 rings (SSSR count). The van der Waals surface area contributed by atoms with Crippen molar-refractivity contribution >= 4 is 11.9 Å². The second kappa shape index (κ2) is 9.30. The van der Waals surface area contributed by atoms with Crippen molar-refractivity contribution in [3.05, 3.63) is 29.8 Å². The second-order valence-corrected chi connectivity index (χ2v) is 7.85. The maximum Gasteiger partial charge on any atom is 0.329 e. The number of rotatable bonds is 7. The Morgan fingerprint density at radius 1 is 1.33 bits per heavy atom. The molecule has 2 fully saturated rings. The fraction of sp³-hybridized carbons (Fsp3) is 0.619. The molecule has 30 heavy (non-hydrogen) atoms. The molecule has 2 heterocycles. The summed E-state index contributed by atoms with van der Waals surface area (Å²) in [5.74, 6) is -1.78. The molecule has 0 aromatic heterocycles. The number of ether oxygens (including phenoxy) is 5. The van der Waals surface area contributed by atoms with Crippen molar-refractivity contribution in [3.63, 3.8) is 0 Å². The third-order valence-electron chi connectivity index (χ3n) is 4.99. The molecule has 0 spiro atoms. The molecule has 2 saturated heterocycles. The second-order valence-electron chi connectivity index (χ2n) is 7.85. The maximum absolute atomic E-state index is 11.9. The molecular formula is C21H29NO8. The van der Waals surface area contributed by atoms with E-state index in [1.807, 2.05) is 25.1 Å². The molecule has 9 heteroatoms. The van der Waals surface area contributed by atoms with Gasteiger partial charge in [-0.25, -0.2) is 4.79 Å². The summed E-state index contributed by atoms with van der Waals surface area (Å²) in [5.41, 5.74) is 1.09. The molecule has 2 N–H and O–H groups in total. The predicted molar refractivity (Wildman–Crippen MR) is 105 cm³/mol. The van der Waals surface area contributed by atoms with Crippen LogP contribution in [-0.2, 0) is 35.0 Å². The van der Waals surface area contributed by atoms with Gasteiger partial charge in [0, 0.05) is 6.92 Å². The van der Waals surface area contributed by atoms with E-state index in [2.05, 4.69) is 5.32 Å². The van der Waals surface area contributed by atoms with E-state index in [4.69, 9.17) is 28.8 Å². The van der Waals surface area contributed by atoms with E-state index in [9.17, 15) is 9.59 Å². The van der Waals surface area contributed by atoms with Crippen LogP contribution in [0.1, 0.15) is 33.3 Å². The molecule has 1 aromatic rings. The van der Waals surface area contributed by atoms with Crippen molar-refractivity contribution in [3.8, 4) is 5.75 Å². The predicted octanol–water partition coefficient (Wildman–Crippen LogP) is 1.48. The highest BCUT2D eigenvalue weighted by Crippen LogP contribution is 2.34. The number of hydrogen-bond donors (Lipinski definition) is 2. The van der Waals surface area contributed by atoms with Crippen molar-refractivity contribution in [1.82, 2.24) is 5.32 Å². The van der Waals surface area contributed by atoms with Gasteiger partial charge in [0.15, 0.2) is 5.79 Å². The molecule has 0 radical (unpaired) electrons. The van der Waals surface area contributed by atoms with Gasteiger partial charge in [0.05, 0.1) is 6.61 Å². The first kappa shape index (κ1) is 22.5. The molecule has 1 aromatic carbocycles. The quantitative estimate of drug-likeness (QED) is 0.678. The third kappa shape index (κ3) is 5.48. The average Bonchev–Trinajstić information content (AvgIpc) is 2.67. The van der Waals surface area contributed by atoms with Crippen molar-refractivity contribution in [2.45, 2.75) is 70.5 Å². The molecule has 5 unspecified atom stereocenters. The number of carboxylic acid groups (broad SMARTS) is 1. The standard InChI is InChI=1S/C21H29NO8/c1-5-13-7-6-8-14(9-13)28-20-17(22-12(2)23)19(26-11-16(24)25)18-15(29-20)10-27-21(3,4)30-18/h6-9,15,17-20H,5,10-11H2,1-4H3,(H,22,23)(H,24,25). The van der Waals surface area contributed by atoms with Crippen LogP contribution in [0.3, 0.4) is 0 Å². The molecule has 0 aliphatic carbocycles. The van der Waals surface area contributed by atoms with E-state index in [1.165, 1.54) is 6.92 Å². The van der Waals surface area contributed by atoms with Gasteiger partial charge in [-0.15, -0.1) is 0 Å². The molecule has 5 atom stereocenters. The maximum atomic E-state index is 11.9. The van der Waals surface area contributed by atoms with Crippen LogP contribution >= 0.6 is 0 Å². The minimum Gasteiger partial charge on any atom is -0.480 e. The minimum absolute atomic E-state index is 0.215. The lowest BCUT2D eigenvalue weighted by molar-refractivity contribution is -0.364. The van der Waals surface area contributed by atoms with Crippen LogP contribution in [-0.4, -0.2) is 66.6 Å². The van der Waals surface area contributed by atoms with Crippen LogP contribution in [0.5, 0.6) is 5.75 Å². The fourth-order valence-electron chi connectivity index (χ4n) is 3.65. The normalized spacial score (nSPS) is 30.2. The molecule has 1 amide bonds. The van der Waals surface area contributed by atoms with E-state index in [0.29, 0.717) is 5.75 Å². The first-order valence-corrected chi connectivity index (χ1v) is 10.0. The van der Waals surface area contributed by atoms with E-state index in [-0.39, 0.29) is 12.5 Å². The molecule has 9 nitrogen and oxygen atoms in total. The Bertz CT molecular complexity index is 767. The Labute approximate surface area is 175 Å². The lowest BCUT2D eigenvalue weighted by Gasteiger charge is -2.50. The van der Waals surface area contributed by atoms with Gasteiger partial charge in [-0.2, -0.15) is 0 Å². The summed E-state index contributed by atoms with van der Waals surface area (Å²) in [7, 11) is 0. The Morgan fingerprint density at radius 3 is 2.77 bits per heavy atom. The lowest BCUT2D eigenvalue weighted by Crippen LogP contribution is -2.69. The molecule has 2 aliphatic heterocycles. The Hall–Kier alpha value is -2.20. The number of fused-ring (bicyclic) bond motifs is 1. The summed E-state index contributed by atoms with van der Waals surface area (Å²) in [5, 5.41) is 11.9. The fourth-order valence-corrected chi connectivity index (χ4v) is 3.65. The van der Waals surface area contributed by atoms with Gasteiger partial charge in [-0.3, -0.25) is 4.79 Å². The van der Waals surface area contributed by atoms with E-state index in [1.54, 1.807) is 19.9 Å². The number of carbonyl (C=O) groups is 2. The van der Waals surface area contributed by atoms with Gasteiger partial charge in [-0.05, 0) is 38.0 Å². The van der Waals surface area contributed by atoms with E-state index >= 15 is 0 Å². The summed E-state index contributed by atoms with van der Waals surface area (Å²) >= 11 is 0. The zero-order valence-corrected chi connectivity index (χ0v) is 17.6. The van der Waals surface area contributed by atoms with Crippen LogP contribution in [0, 0.1) is 0 Å². The molecule has 166 valence electrons. The third-order valence-corrected chi connectivity index (χ3v) is 4.99. The van der Waals surface area contributed by atoms with Crippen molar-refractivity contribution in [2.24, 2.45) is 0 Å². The first-order valence-electron chi connectivity index (χ1n) is 10.0. The van der Waals surface area contributed by atoms with Crippen molar-refractivity contribution in [1.29, 1.82) is 0 Å². The molecular weight excluding hydrogens is 394 g/mol. The Morgan fingerprint density at radius 2 is 2.10 bits per heavy atom. The number of benzene rings is 1.